The third-order valence-corrected chi connectivity index (χ3v) is 3.93. The normalized spacial score (nSPS) is 13.7. The molecule has 0 saturated carbocycles. The third kappa shape index (κ3) is 3.68. The molecule has 3 rings (SSSR count). The van der Waals surface area contributed by atoms with E-state index in [-0.39, 0.29) is 12.7 Å². The van der Waals surface area contributed by atoms with Crippen molar-refractivity contribution in [1.82, 2.24) is 0 Å². The fraction of sp³-hybridized carbons (Fsp3) is 0.333. The lowest BCUT2D eigenvalue weighted by molar-refractivity contribution is 0.173. The standard InChI is InChI=1S/C18H21NO4/c1-20-15-4-2-3-13(9-15)14(11-19)7-8-21-16-5-6-17-18(10-16)23-12-22-17/h2-6,9-10,14H,7-8,11-12,19H2,1H3. The topological polar surface area (TPSA) is 62.9 Å². The summed E-state index contributed by atoms with van der Waals surface area (Å²) in [4.78, 5) is 0. The van der Waals surface area contributed by atoms with E-state index in [0.717, 1.165) is 29.4 Å². The second-order valence-corrected chi connectivity index (χ2v) is 5.36. The van der Waals surface area contributed by atoms with Crippen molar-refractivity contribution in [1.29, 1.82) is 0 Å². The van der Waals surface area contributed by atoms with Crippen LogP contribution in [0, 0.1) is 0 Å². The molecule has 0 aliphatic carbocycles. The molecule has 23 heavy (non-hydrogen) atoms. The number of benzene rings is 2. The van der Waals surface area contributed by atoms with Crippen molar-refractivity contribution in [3.8, 4) is 23.0 Å². The minimum atomic E-state index is 0.235. The number of hydrogen-bond acceptors (Lipinski definition) is 5. The lowest BCUT2D eigenvalue weighted by atomic mass is 9.96. The highest BCUT2D eigenvalue weighted by Crippen LogP contribution is 2.35. The molecule has 5 heteroatoms. The first-order valence-corrected chi connectivity index (χ1v) is 7.66. The van der Waals surface area contributed by atoms with Crippen LogP contribution in [0.2, 0.25) is 0 Å². The van der Waals surface area contributed by atoms with Crippen LogP contribution in [0.4, 0.5) is 0 Å². The van der Waals surface area contributed by atoms with E-state index >= 15 is 0 Å². The number of ether oxygens (including phenoxy) is 4. The molecule has 1 unspecified atom stereocenters. The summed E-state index contributed by atoms with van der Waals surface area (Å²) in [5.41, 5.74) is 7.08. The van der Waals surface area contributed by atoms with E-state index in [1.165, 1.54) is 5.56 Å². The smallest absolute Gasteiger partial charge is 0.231 e. The summed E-state index contributed by atoms with van der Waals surface area (Å²) in [6.07, 6.45) is 0.831. The lowest BCUT2D eigenvalue weighted by Gasteiger charge is -2.16. The maximum absolute atomic E-state index is 5.92. The van der Waals surface area contributed by atoms with Crippen LogP contribution in [0.5, 0.6) is 23.0 Å². The Morgan fingerprint density at radius 3 is 2.78 bits per heavy atom. The predicted molar refractivity (Wildman–Crippen MR) is 87.5 cm³/mol. The van der Waals surface area contributed by atoms with Gasteiger partial charge in [-0.2, -0.15) is 0 Å². The van der Waals surface area contributed by atoms with Gasteiger partial charge in [-0.25, -0.2) is 0 Å². The van der Waals surface area contributed by atoms with Crippen molar-refractivity contribution in [2.75, 3.05) is 27.1 Å². The van der Waals surface area contributed by atoms with Crippen molar-refractivity contribution < 1.29 is 18.9 Å². The molecule has 0 bridgehead atoms. The largest absolute Gasteiger partial charge is 0.497 e. The molecule has 1 aliphatic heterocycles. The number of methoxy groups -OCH3 is 1. The van der Waals surface area contributed by atoms with Crippen molar-refractivity contribution in [3.63, 3.8) is 0 Å². The number of fused-ring (bicyclic) bond motifs is 1. The van der Waals surface area contributed by atoms with Gasteiger partial charge in [0.05, 0.1) is 13.7 Å². The van der Waals surface area contributed by atoms with Gasteiger partial charge >= 0.3 is 0 Å². The Morgan fingerprint density at radius 1 is 1.09 bits per heavy atom. The molecule has 0 radical (unpaired) electrons. The molecular formula is C18H21NO4. The summed E-state index contributed by atoms with van der Waals surface area (Å²) >= 11 is 0. The van der Waals surface area contributed by atoms with Gasteiger partial charge in [0.2, 0.25) is 6.79 Å². The Bertz CT molecular complexity index is 659. The van der Waals surface area contributed by atoms with E-state index in [2.05, 4.69) is 6.07 Å². The summed E-state index contributed by atoms with van der Waals surface area (Å²) in [5.74, 6) is 3.34. The Kier molecular flexibility index (Phi) is 4.88. The fourth-order valence-electron chi connectivity index (χ4n) is 2.60. The Morgan fingerprint density at radius 2 is 1.96 bits per heavy atom. The minimum absolute atomic E-state index is 0.235. The van der Waals surface area contributed by atoms with Crippen LogP contribution in [0.1, 0.15) is 17.9 Å². The van der Waals surface area contributed by atoms with Crippen LogP contribution in [-0.2, 0) is 0 Å². The Labute approximate surface area is 135 Å². The van der Waals surface area contributed by atoms with Gasteiger partial charge in [-0.15, -0.1) is 0 Å². The van der Waals surface area contributed by atoms with Gasteiger partial charge < -0.3 is 24.7 Å². The van der Waals surface area contributed by atoms with E-state index < -0.39 is 0 Å². The van der Waals surface area contributed by atoms with Crippen molar-refractivity contribution in [2.24, 2.45) is 5.73 Å². The van der Waals surface area contributed by atoms with Crippen molar-refractivity contribution in [3.05, 3.63) is 48.0 Å². The van der Waals surface area contributed by atoms with Crippen molar-refractivity contribution in [2.45, 2.75) is 12.3 Å². The molecule has 2 N–H and O–H groups in total. The van der Waals surface area contributed by atoms with Gasteiger partial charge in [0, 0.05) is 6.07 Å². The predicted octanol–water partition coefficient (Wildman–Crippen LogP) is 2.94. The number of rotatable bonds is 7. The zero-order valence-electron chi connectivity index (χ0n) is 13.2. The summed E-state index contributed by atoms with van der Waals surface area (Å²) in [7, 11) is 1.67. The van der Waals surface area contributed by atoms with Gasteiger partial charge in [-0.1, -0.05) is 12.1 Å². The fourth-order valence-corrected chi connectivity index (χ4v) is 2.60. The van der Waals surface area contributed by atoms with Crippen LogP contribution in [0.25, 0.3) is 0 Å². The Hall–Kier alpha value is -2.40. The first kappa shape index (κ1) is 15.5. The molecule has 0 saturated heterocycles. The quantitative estimate of drug-likeness (QED) is 0.851. The average molecular weight is 315 g/mol. The van der Waals surface area contributed by atoms with E-state index in [1.54, 1.807) is 7.11 Å². The summed E-state index contributed by atoms with van der Waals surface area (Å²) in [6, 6.07) is 13.6. The van der Waals surface area contributed by atoms with Gasteiger partial charge in [0.15, 0.2) is 11.5 Å². The summed E-state index contributed by atoms with van der Waals surface area (Å²) in [6.45, 7) is 1.42. The second-order valence-electron chi connectivity index (χ2n) is 5.36. The van der Waals surface area contributed by atoms with Crippen LogP contribution in [0.15, 0.2) is 42.5 Å². The maximum Gasteiger partial charge on any atom is 0.231 e. The molecule has 5 nitrogen and oxygen atoms in total. The van der Waals surface area contributed by atoms with E-state index in [0.29, 0.717) is 13.2 Å². The van der Waals surface area contributed by atoms with Crippen molar-refractivity contribution >= 4 is 0 Å². The van der Waals surface area contributed by atoms with Gasteiger partial charge in [0.25, 0.3) is 0 Å². The second kappa shape index (κ2) is 7.24. The highest BCUT2D eigenvalue weighted by atomic mass is 16.7. The number of hydrogen-bond donors (Lipinski definition) is 1. The van der Waals surface area contributed by atoms with Crippen LogP contribution >= 0.6 is 0 Å². The monoisotopic (exact) mass is 315 g/mol. The SMILES string of the molecule is COc1cccc(C(CN)CCOc2ccc3c(c2)OCO3)c1. The highest BCUT2D eigenvalue weighted by molar-refractivity contribution is 5.46. The number of nitrogens with two attached hydrogens (primary N) is 1. The van der Waals surface area contributed by atoms with Gasteiger partial charge in [-0.3, -0.25) is 0 Å². The molecule has 0 amide bonds. The lowest BCUT2D eigenvalue weighted by Crippen LogP contribution is -2.15. The van der Waals surface area contributed by atoms with Crippen LogP contribution in [-0.4, -0.2) is 27.1 Å². The van der Waals surface area contributed by atoms with Gasteiger partial charge in [-0.05, 0) is 48.7 Å². The van der Waals surface area contributed by atoms with Gasteiger partial charge in [0.1, 0.15) is 11.5 Å². The zero-order valence-corrected chi connectivity index (χ0v) is 13.2. The highest BCUT2D eigenvalue weighted by Gasteiger charge is 2.14. The molecule has 2 aromatic rings. The molecular weight excluding hydrogens is 294 g/mol. The summed E-state index contributed by atoms with van der Waals surface area (Å²) in [5, 5.41) is 0. The first-order valence-electron chi connectivity index (χ1n) is 7.66. The Balaban J connectivity index is 1.57. The molecule has 2 aromatic carbocycles. The molecule has 1 heterocycles. The van der Waals surface area contributed by atoms with E-state index in [1.807, 2.05) is 36.4 Å². The zero-order chi connectivity index (χ0) is 16.1. The first-order chi connectivity index (χ1) is 11.3. The molecule has 1 atom stereocenters. The van der Waals surface area contributed by atoms with E-state index in [4.69, 9.17) is 24.7 Å². The van der Waals surface area contributed by atoms with E-state index in [9.17, 15) is 0 Å². The average Bonchev–Trinajstić information content (AvgIpc) is 3.06. The molecule has 122 valence electrons. The minimum Gasteiger partial charge on any atom is -0.497 e. The summed E-state index contributed by atoms with van der Waals surface area (Å²) < 4.78 is 21.7. The molecule has 0 spiro atoms. The maximum atomic E-state index is 5.92. The molecule has 0 fully saturated rings. The van der Waals surface area contributed by atoms with Crippen LogP contribution in [0.3, 0.4) is 0 Å². The molecule has 0 aromatic heterocycles. The van der Waals surface area contributed by atoms with Crippen LogP contribution < -0.4 is 24.7 Å². The third-order valence-electron chi connectivity index (χ3n) is 3.93. The molecule has 1 aliphatic rings.